The summed E-state index contributed by atoms with van der Waals surface area (Å²) in [6.45, 7) is 4.26. The van der Waals surface area contributed by atoms with Crippen LogP contribution in [0.4, 0.5) is 4.79 Å². The van der Waals surface area contributed by atoms with Crippen molar-refractivity contribution in [2.24, 2.45) is 5.92 Å². The van der Waals surface area contributed by atoms with Crippen molar-refractivity contribution >= 4 is 19.1 Å². The molecule has 1 aliphatic rings. The van der Waals surface area contributed by atoms with Gasteiger partial charge in [-0.15, -0.1) is 0 Å². The van der Waals surface area contributed by atoms with E-state index in [2.05, 4.69) is 5.32 Å². The van der Waals surface area contributed by atoms with Crippen LogP contribution < -0.4 is 5.32 Å². The number of hydrogen-bond donors (Lipinski definition) is 3. The molecule has 2 amide bonds. The molecule has 1 aliphatic heterocycles. The molecule has 0 aliphatic carbocycles. The van der Waals surface area contributed by atoms with Gasteiger partial charge in [-0.2, -0.15) is 5.26 Å². The first kappa shape index (κ1) is 24.4. The third-order valence-electron chi connectivity index (χ3n) is 5.11. The number of nitrogens with zero attached hydrogens (tertiary/aromatic N) is 2. The number of carbonyl (C=O) groups excluding carboxylic acids is 2. The Morgan fingerprint density at radius 3 is 2.65 bits per heavy atom. The average molecular weight is 427 g/mol. The van der Waals surface area contributed by atoms with Gasteiger partial charge in [0.25, 0.3) is 5.91 Å². The number of piperidine rings is 1. The van der Waals surface area contributed by atoms with Crippen molar-refractivity contribution in [1.82, 2.24) is 10.2 Å². The number of rotatable bonds is 8. The minimum absolute atomic E-state index is 0.0302. The Labute approximate surface area is 183 Å². The fourth-order valence-electron chi connectivity index (χ4n) is 3.55. The second-order valence-corrected chi connectivity index (χ2v) is 8.04. The Morgan fingerprint density at radius 2 is 2.03 bits per heavy atom. The fraction of sp³-hybridized carbons (Fsp3) is 0.500. The quantitative estimate of drug-likeness (QED) is 0.331. The number of allylic oxidation sites excluding steroid dienone is 1. The average Bonchev–Trinajstić information content (AvgIpc) is 2.75. The Balaban J connectivity index is 1.96. The number of likely N-dealkylation sites (tertiary alicyclic amines) is 1. The summed E-state index contributed by atoms with van der Waals surface area (Å²) in [5.74, 6) is -1.22. The maximum atomic E-state index is 12.8. The first-order chi connectivity index (χ1) is 14.8. The Bertz CT molecular complexity index is 807. The Morgan fingerprint density at radius 1 is 1.32 bits per heavy atom. The first-order valence-corrected chi connectivity index (χ1v) is 10.6. The molecule has 0 unspecified atom stereocenters. The molecule has 1 heterocycles. The van der Waals surface area contributed by atoms with E-state index in [4.69, 9.17) is 4.74 Å². The maximum Gasteiger partial charge on any atom is 0.475 e. The van der Waals surface area contributed by atoms with Crippen LogP contribution in [0.5, 0.6) is 0 Å². The summed E-state index contributed by atoms with van der Waals surface area (Å²) in [6, 6.07) is 10.8. The highest BCUT2D eigenvalue weighted by atomic mass is 16.5. The third kappa shape index (κ3) is 7.74. The van der Waals surface area contributed by atoms with Gasteiger partial charge in [-0.3, -0.25) is 4.79 Å². The lowest BCUT2D eigenvalue weighted by Gasteiger charge is -2.35. The van der Waals surface area contributed by atoms with Crippen molar-refractivity contribution in [1.29, 1.82) is 5.26 Å². The van der Waals surface area contributed by atoms with Crippen LogP contribution in [0.3, 0.4) is 0 Å². The molecule has 1 saturated heterocycles. The van der Waals surface area contributed by atoms with Crippen LogP contribution in [0.2, 0.25) is 0 Å². The summed E-state index contributed by atoms with van der Waals surface area (Å²) >= 11 is 0. The number of alkyl carbamates (subject to hydrolysis) is 1. The molecule has 0 spiro atoms. The van der Waals surface area contributed by atoms with Crippen LogP contribution >= 0.6 is 0 Å². The predicted octanol–water partition coefficient (Wildman–Crippen LogP) is 1.82. The molecule has 0 saturated carbocycles. The number of carbonyl (C=O) groups is 2. The van der Waals surface area contributed by atoms with Crippen LogP contribution in [-0.4, -0.2) is 59.2 Å². The van der Waals surface area contributed by atoms with Crippen LogP contribution in [0.25, 0.3) is 0 Å². The predicted molar refractivity (Wildman–Crippen MR) is 116 cm³/mol. The molecule has 9 heteroatoms. The Kier molecular flexibility index (Phi) is 9.57. The summed E-state index contributed by atoms with van der Waals surface area (Å²) in [7, 11) is -1.75. The normalized spacial score (nSPS) is 17.6. The van der Waals surface area contributed by atoms with E-state index in [1.54, 1.807) is 11.0 Å². The zero-order valence-corrected chi connectivity index (χ0v) is 18.0. The molecule has 8 nitrogen and oxygen atoms in total. The molecular formula is C22H30BN3O5. The van der Waals surface area contributed by atoms with Gasteiger partial charge in [0.05, 0.1) is 12.0 Å². The third-order valence-corrected chi connectivity index (χ3v) is 5.11. The van der Waals surface area contributed by atoms with Crippen molar-refractivity contribution in [3.05, 3.63) is 47.5 Å². The lowest BCUT2D eigenvalue weighted by Crippen LogP contribution is -2.50. The van der Waals surface area contributed by atoms with Crippen LogP contribution in [0.1, 0.15) is 38.7 Å². The van der Waals surface area contributed by atoms with Gasteiger partial charge < -0.3 is 25.0 Å². The monoisotopic (exact) mass is 427 g/mol. The van der Waals surface area contributed by atoms with Crippen molar-refractivity contribution < 1.29 is 24.4 Å². The van der Waals surface area contributed by atoms with E-state index in [1.807, 2.05) is 50.2 Å². The molecular weight excluding hydrogens is 397 g/mol. The van der Waals surface area contributed by atoms with Crippen LogP contribution in [-0.2, 0) is 16.0 Å². The molecule has 2 rings (SSSR count). The van der Waals surface area contributed by atoms with Gasteiger partial charge in [0.15, 0.2) is 0 Å². The van der Waals surface area contributed by atoms with Gasteiger partial charge in [-0.25, -0.2) is 4.79 Å². The zero-order valence-electron chi connectivity index (χ0n) is 18.0. The number of amides is 2. The van der Waals surface area contributed by atoms with Gasteiger partial charge in [-0.1, -0.05) is 50.3 Å². The second-order valence-electron chi connectivity index (χ2n) is 8.04. The Hall–Kier alpha value is -2.83. The zero-order chi connectivity index (χ0) is 22.8. The molecule has 0 bridgehead atoms. The van der Waals surface area contributed by atoms with Gasteiger partial charge in [0.1, 0.15) is 18.2 Å². The van der Waals surface area contributed by atoms with Crippen LogP contribution in [0, 0.1) is 17.2 Å². The number of nitrogens with one attached hydrogen (secondary N) is 1. The van der Waals surface area contributed by atoms with Gasteiger partial charge in [-0.05, 0) is 37.2 Å². The summed E-state index contributed by atoms with van der Waals surface area (Å²) in [4.78, 5) is 26.7. The molecule has 1 fully saturated rings. The van der Waals surface area contributed by atoms with Gasteiger partial charge in [0.2, 0.25) is 0 Å². The van der Waals surface area contributed by atoms with E-state index in [0.717, 1.165) is 18.4 Å². The van der Waals surface area contributed by atoms with Crippen molar-refractivity contribution in [2.75, 3.05) is 13.2 Å². The summed E-state index contributed by atoms with van der Waals surface area (Å²) in [6.07, 6.45) is 3.46. The summed E-state index contributed by atoms with van der Waals surface area (Å²) in [5, 5.41) is 31.0. The SMILES string of the molecule is CC(C)C=C(C#N)C(=O)N1CCCC[C@@H]1COC(=O)N[C@@H](Cc1ccccc1)B(O)O. The van der Waals surface area contributed by atoms with E-state index in [-0.39, 0.29) is 36.5 Å². The standard InChI is InChI=1S/C22H30BN3O5/c1-16(2)12-18(14-24)21(27)26-11-7-6-10-19(26)15-31-22(28)25-20(23(29)30)13-17-8-4-3-5-9-17/h3-5,8-9,12,16,19-20,29-30H,6-7,10-11,13,15H2,1-2H3,(H,25,28)/t19-,20+/m1/s1. The summed E-state index contributed by atoms with van der Waals surface area (Å²) < 4.78 is 5.31. The highest BCUT2D eigenvalue weighted by Crippen LogP contribution is 2.20. The number of ether oxygens (including phenoxy) is 1. The topological polar surface area (TPSA) is 123 Å². The molecule has 31 heavy (non-hydrogen) atoms. The van der Waals surface area contributed by atoms with Gasteiger partial charge in [0, 0.05) is 6.54 Å². The van der Waals surface area contributed by atoms with E-state index < -0.39 is 19.2 Å². The van der Waals surface area contributed by atoms with E-state index in [1.165, 1.54) is 0 Å². The number of nitriles is 1. The lowest BCUT2D eigenvalue weighted by atomic mass is 9.76. The fourth-order valence-corrected chi connectivity index (χ4v) is 3.55. The molecule has 1 aromatic rings. The van der Waals surface area contributed by atoms with Crippen molar-refractivity contribution in [2.45, 2.75) is 51.5 Å². The smallest absolute Gasteiger partial charge is 0.447 e. The van der Waals surface area contributed by atoms with E-state index in [9.17, 15) is 24.9 Å². The summed E-state index contributed by atoms with van der Waals surface area (Å²) in [5.41, 5.74) is 0.934. The largest absolute Gasteiger partial charge is 0.475 e. The minimum atomic E-state index is -1.75. The number of benzene rings is 1. The maximum absolute atomic E-state index is 12.8. The van der Waals surface area contributed by atoms with Gasteiger partial charge >= 0.3 is 13.2 Å². The van der Waals surface area contributed by atoms with E-state index >= 15 is 0 Å². The van der Waals surface area contributed by atoms with Crippen molar-refractivity contribution in [3.63, 3.8) is 0 Å². The molecule has 0 radical (unpaired) electrons. The lowest BCUT2D eigenvalue weighted by molar-refractivity contribution is -0.131. The number of hydrogen-bond acceptors (Lipinski definition) is 6. The molecule has 1 aromatic carbocycles. The first-order valence-electron chi connectivity index (χ1n) is 10.6. The minimum Gasteiger partial charge on any atom is -0.447 e. The highest BCUT2D eigenvalue weighted by Gasteiger charge is 2.31. The second kappa shape index (κ2) is 12.1. The highest BCUT2D eigenvalue weighted by molar-refractivity contribution is 6.43. The molecule has 2 atom stereocenters. The molecule has 0 aromatic heterocycles. The van der Waals surface area contributed by atoms with Crippen molar-refractivity contribution in [3.8, 4) is 6.07 Å². The van der Waals surface area contributed by atoms with E-state index in [0.29, 0.717) is 13.0 Å². The molecule has 166 valence electrons. The molecule has 3 N–H and O–H groups in total. The van der Waals surface area contributed by atoms with Crippen LogP contribution in [0.15, 0.2) is 42.0 Å².